The number of carbonyl (C=O) groups excluding carboxylic acids is 2. The van der Waals surface area contributed by atoms with E-state index in [1.165, 1.54) is 44.7 Å². The highest BCUT2D eigenvalue weighted by Gasteiger charge is 2.40. The van der Waals surface area contributed by atoms with Crippen molar-refractivity contribution in [1.29, 1.82) is 0 Å². The van der Waals surface area contributed by atoms with Gasteiger partial charge in [-0.05, 0) is 72.8 Å². The predicted octanol–water partition coefficient (Wildman–Crippen LogP) is 5.74. The number of rotatable bonds is 11. The van der Waals surface area contributed by atoms with Crippen LogP contribution in [0.15, 0.2) is 110 Å². The molecular weight excluding hydrogens is 602 g/mol. The smallest absolute Gasteiger partial charge is 0.278 e. The molecule has 1 aliphatic rings. The third-order valence-electron chi connectivity index (χ3n) is 6.14. The molecule has 0 aliphatic carbocycles. The summed E-state index contributed by atoms with van der Waals surface area (Å²) in [7, 11) is -0.828. The molecule has 4 aromatic rings. The summed E-state index contributed by atoms with van der Waals surface area (Å²) >= 11 is 6.94. The van der Waals surface area contributed by atoms with Crippen LogP contribution in [0, 0.1) is 0 Å². The summed E-state index contributed by atoms with van der Waals surface area (Å²) in [6.07, 6.45) is 1.47. The summed E-state index contributed by atoms with van der Waals surface area (Å²) in [5.74, 6) is 0.365. The number of hydrogen-bond acceptors (Lipinski definition) is 9. The number of carbonyl (C=O) groups is 2. The van der Waals surface area contributed by atoms with Gasteiger partial charge >= 0.3 is 0 Å². The second-order valence-electron chi connectivity index (χ2n) is 8.86. The normalized spacial score (nSPS) is 13.5. The second-order valence-corrected chi connectivity index (χ2v) is 12.1. The number of furan rings is 1. The minimum Gasteiger partial charge on any atom is -0.497 e. The lowest BCUT2D eigenvalue weighted by atomic mass is 10.2. The molecule has 1 aromatic heterocycles. The Kier molecular flexibility index (Phi) is 8.48. The van der Waals surface area contributed by atoms with Gasteiger partial charge in [0.15, 0.2) is 0 Å². The molecule has 216 valence electrons. The second kappa shape index (κ2) is 12.2. The van der Waals surface area contributed by atoms with Gasteiger partial charge in [-0.25, -0.2) is 8.42 Å². The van der Waals surface area contributed by atoms with E-state index in [1.807, 2.05) is 0 Å². The molecule has 0 fully saturated rings. The SMILES string of the molecule is COc1ccc(NC2=C(Sc3ccc(NS(=O)(=O)c4ccc(Cl)cc4)cc3)C(=O)N(Cc3ccco3)C2=O)c(OC)c1. The highest BCUT2D eigenvalue weighted by molar-refractivity contribution is 8.04. The largest absolute Gasteiger partial charge is 0.497 e. The summed E-state index contributed by atoms with van der Waals surface area (Å²) in [5.41, 5.74) is 0.838. The van der Waals surface area contributed by atoms with Gasteiger partial charge in [-0.3, -0.25) is 19.2 Å². The number of imide groups is 1. The molecule has 0 unspecified atom stereocenters. The zero-order chi connectivity index (χ0) is 29.9. The van der Waals surface area contributed by atoms with E-state index in [0.717, 1.165) is 16.7 Å². The Labute approximate surface area is 251 Å². The molecule has 2 N–H and O–H groups in total. The molecular formula is C29H24ClN3O7S2. The van der Waals surface area contributed by atoms with Gasteiger partial charge in [-0.2, -0.15) is 0 Å². The minimum absolute atomic E-state index is 0.0505. The van der Waals surface area contributed by atoms with Crippen molar-refractivity contribution in [2.24, 2.45) is 0 Å². The lowest BCUT2D eigenvalue weighted by Crippen LogP contribution is -2.31. The zero-order valence-corrected chi connectivity index (χ0v) is 24.7. The highest BCUT2D eigenvalue weighted by Crippen LogP contribution is 2.39. The fraction of sp³-hybridized carbons (Fsp3) is 0.103. The van der Waals surface area contributed by atoms with Crippen LogP contribution in [0.2, 0.25) is 5.02 Å². The van der Waals surface area contributed by atoms with Gasteiger partial charge < -0.3 is 19.2 Å². The molecule has 0 radical (unpaired) electrons. The molecule has 0 atom stereocenters. The van der Waals surface area contributed by atoms with Crippen LogP contribution in [0.3, 0.4) is 0 Å². The molecule has 2 heterocycles. The molecule has 5 rings (SSSR count). The summed E-state index contributed by atoms with van der Waals surface area (Å²) in [6.45, 7) is -0.0505. The first kappa shape index (κ1) is 29.1. The van der Waals surface area contributed by atoms with Crippen LogP contribution in [-0.2, 0) is 26.2 Å². The first-order valence-corrected chi connectivity index (χ1v) is 15.0. The average Bonchev–Trinajstić information content (AvgIpc) is 3.58. The van der Waals surface area contributed by atoms with Gasteiger partial charge in [-0.1, -0.05) is 23.4 Å². The first-order chi connectivity index (χ1) is 20.2. The van der Waals surface area contributed by atoms with Gasteiger partial charge in [0.2, 0.25) is 0 Å². The molecule has 0 saturated carbocycles. The van der Waals surface area contributed by atoms with Gasteiger partial charge in [-0.15, -0.1) is 0 Å². The lowest BCUT2D eigenvalue weighted by Gasteiger charge is -2.15. The number of methoxy groups -OCH3 is 2. The van der Waals surface area contributed by atoms with Crippen LogP contribution in [0.25, 0.3) is 0 Å². The zero-order valence-electron chi connectivity index (χ0n) is 22.3. The lowest BCUT2D eigenvalue weighted by molar-refractivity contribution is -0.138. The van der Waals surface area contributed by atoms with Crippen LogP contribution in [0.5, 0.6) is 11.5 Å². The average molecular weight is 626 g/mol. The quantitative estimate of drug-likeness (QED) is 0.201. The van der Waals surface area contributed by atoms with E-state index >= 15 is 0 Å². The van der Waals surface area contributed by atoms with Crippen LogP contribution < -0.4 is 19.5 Å². The number of nitrogens with one attached hydrogen (secondary N) is 2. The fourth-order valence-electron chi connectivity index (χ4n) is 4.03. The minimum atomic E-state index is -3.84. The van der Waals surface area contributed by atoms with Crippen molar-refractivity contribution in [3.05, 3.63) is 107 Å². The van der Waals surface area contributed by atoms with Crippen molar-refractivity contribution in [3.8, 4) is 11.5 Å². The molecule has 3 aromatic carbocycles. The Balaban J connectivity index is 1.42. The standard InChI is InChI=1S/C29H24ClN3O7S2/c1-38-20-9-14-24(25(16-20)39-2)31-26-27(29(35)33(28(26)34)17-21-4-3-15-40-21)41-22-10-7-19(8-11-22)32-42(36,37)23-12-5-18(30)6-13-23/h3-16,31-32H,17H2,1-2H3. The molecule has 0 bridgehead atoms. The van der Waals surface area contributed by atoms with E-state index in [2.05, 4.69) is 10.0 Å². The molecule has 1 aliphatic heterocycles. The summed E-state index contributed by atoms with van der Waals surface area (Å²) in [6, 6.07) is 20.6. The van der Waals surface area contributed by atoms with Gasteiger partial charge in [0.25, 0.3) is 21.8 Å². The number of halogens is 1. The summed E-state index contributed by atoms with van der Waals surface area (Å²) < 4.78 is 44.1. The van der Waals surface area contributed by atoms with E-state index in [9.17, 15) is 18.0 Å². The number of anilines is 2. The van der Waals surface area contributed by atoms with E-state index in [1.54, 1.807) is 54.6 Å². The van der Waals surface area contributed by atoms with Crippen molar-refractivity contribution in [3.63, 3.8) is 0 Å². The van der Waals surface area contributed by atoms with Crippen molar-refractivity contribution >= 4 is 56.6 Å². The van der Waals surface area contributed by atoms with Gasteiger partial charge in [0, 0.05) is 21.7 Å². The molecule has 2 amide bonds. The maximum Gasteiger partial charge on any atom is 0.278 e. The van der Waals surface area contributed by atoms with Crippen molar-refractivity contribution in [1.82, 2.24) is 4.90 Å². The highest BCUT2D eigenvalue weighted by atomic mass is 35.5. The molecule has 13 heteroatoms. The van der Waals surface area contributed by atoms with Crippen molar-refractivity contribution in [2.75, 3.05) is 24.3 Å². The number of ether oxygens (including phenoxy) is 2. The number of nitrogens with zero attached hydrogens (tertiary/aromatic N) is 1. The van der Waals surface area contributed by atoms with Crippen molar-refractivity contribution < 1.29 is 31.9 Å². The van der Waals surface area contributed by atoms with Crippen LogP contribution in [0.1, 0.15) is 5.76 Å². The summed E-state index contributed by atoms with van der Waals surface area (Å²) in [5, 5.41) is 3.49. The molecule has 42 heavy (non-hydrogen) atoms. The fourth-order valence-corrected chi connectivity index (χ4v) is 6.16. The van der Waals surface area contributed by atoms with Crippen molar-refractivity contribution in [2.45, 2.75) is 16.3 Å². The number of thioether (sulfide) groups is 1. The molecule has 0 spiro atoms. The topological polar surface area (TPSA) is 127 Å². The maximum atomic E-state index is 13.5. The third kappa shape index (κ3) is 6.25. The molecule has 10 nitrogen and oxygen atoms in total. The number of amides is 2. The number of benzene rings is 3. The van der Waals surface area contributed by atoms with Crippen LogP contribution >= 0.6 is 23.4 Å². The Bertz CT molecular complexity index is 1760. The Morgan fingerprint density at radius 1 is 0.929 bits per heavy atom. The number of sulfonamides is 1. The van der Waals surface area contributed by atoms with E-state index in [0.29, 0.717) is 38.6 Å². The Morgan fingerprint density at radius 2 is 1.67 bits per heavy atom. The third-order valence-corrected chi connectivity index (χ3v) is 8.88. The number of hydrogen-bond donors (Lipinski definition) is 2. The van der Waals surface area contributed by atoms with E-state index in [-0.39, 0.29) is 22.0 Å². The predicted molar refractivity (Wildman–Crippen MR) is 159 cm³/mol. The Morgan fingerprint density at radius 3 is 2.31 bits per heavy atom. The van der Waals surface area contributed by atoms with Crippen LogP contribution in [0.4, 0.5) is 11.4 Å². The monoisotopic (exact) mass is 625 g/mol. The summed E-state index contributed by atoms with van der Waals surface area (Å²) in [4.78, 5) is 28.9. The first-order valence-electron chi connectivity index (χ1n) is 12.4. The van der Waals surface area contributed by atoms with E-state index < -0.39 is 21.8 Å². The van der Waals surface area contributed by atoms with Gasteiger partial charge in [0.05, 0.1) is 37.6 Å². The molecule has 0 saturated heterocycles. The maximum absolute atomic E-state index is 13.5. The van der Waals surface area contributed by atoms with Gasteiger partial charge in [0.1, 0.15) is 27.9 Å². The van der Waals surface area contributed by atoms with Crippen LogP contribution in [-0.4, -0.2) is 39.4 Å². The Hall–Kier alpha value is -4.39. The van der Waals surface area contributed by atoms with E-state index in [4.69, 9.17) is 25.5 Å².